The van der Waals surface area contributed by atoms with Gasteiger partial charge in [0.25, 0.3) is 0 Å². The van der Waals surface area contributed by atoms with Gasteiger partial charge in [0.15, 0.2) is 0 Å². The number of hydrogen-bond donors (Lipinski definition) is 0. The summed E-state index contributed by atoms with van der Waals surface area (Å²) in [5, 5.41) is 0. The van der Waals surface area contributed by atoms with E-state index in [0.717, 1.165) is 0 Å². The SMILES string of the molecule is Cc1ccc(C(=C=C2CC2)c2ccc(C)cc2)cc1. The first kappa shape index (κ1) is 12.0. The average molecular weight is 246 g/mol. The Labute approximate surface area is 115 Å². The molecule has 2 aromatic carbocycles. The Balaban J connectivity index is 2.11. The second-order valence-corrected chi connectivity index (χ2v) is 5.34. The molecular weight excluding hydrogens is 228 g/mol. The van der Waals surface area contributed by atoms with E-state index in [1.165, 1.54) is 46.2 Å². The minimum absolute atomic E-state index is 1.21. The van der Waals surface area contributed by atoms with Crippen LogP contribution in [0.2, 0.25) is 0 Å². The molecule has 0 heterocycles. The molecule has 0 N–H and O–H groups in total. The van der Waals surface area contributed by atoms with Crippen LogP contribution in [0.4, 0.5) is 0 Å². The molecule has 0 nitrogen and oxygen atoms in total. The molecule has 0 spiro atoms. The molecule has 19 heavy (non-hydrogen) atoms. The number of rotatable bonds is 2. The minimum Gasteiger partial charge on any atom is -0.113 e. The number of hydrogen-bond acceptors (Lipinski definition) is 0. The molecule has 94 valence electrons. The Morgan fingerprint density at radius 3 is 1.53 bits per heavy atom. The van der Waals surface area contributed by atoms with Crippen LogP contribution in [0.1, 0.15) is 35.1 Å². The van der Waals surface area contributed by atoms with Crippen LogP contribution in [0.5, 0.6) is 0 Å². The van der Waals surface area contributed by atoms with Crippen molar-refractivity contribution >= 4 is 5.57 Å². The number of aryl methyl sites for hydroxylation is 2. The Morgan fingerprint density at radius 2 is 1.16 bits per heavy atom. The van der Waals surface area contributed by atoms with E-state index in [1.807, 2.05) is 0 Å². The van der Waals surface area contributed by atoms with Gasteiger partial charge in [-0.3, -0.25) is 0 Å². The third kappa shape index (κ3) is 2.86. The lowest BCUT2D eigenvalue weighted by molar-refractivity contribution is 1.43. The van der Waals surface area contributed by atoms with Gasteiger partial charge < -0.3 is 0 Å². The van der Waals surface area contributed by atoms with Crippen LogP contribution >= 0.6 is 0 Å². The van der Waals surface area contributed by atoms with E-state index in [2.05, 4.69) is 68.1 Å². The van der Waals surface area contributed by atoms with Gasteiger partial charge in [0.2, 0.25) is 0 Å². The van der Waals surface area contributed by atoms with Crippen molar-refractivity contribution in [3.63, 3.8) is 0 Å². The highest BCUT2D eigenvalue weighted by Gasteiger charge is 2.12. The molecule has 0 heteroatoms. The lowest BCUT2D eigenvalue weighted by Crippen LogP contribution is -1.87. The van der Waals surface area contributed by atoms with Gasteiger partial charge in [0, 0.05) is 5.57 Å². The van der Waals surface area contributed by atoms with Crippen molar-refractivity contribution in [2.75, 3.05) is 0 Å². The summed E-state index contributed by atoms with van der Waals surface area (Å²) in [5.74, 6) is 0. The van der Waals surface area contributed by atoms with Gasteiger partial charge in [0.1, 0.15) is 0 Å². The lowest BCUT2D eigenvalue weighted by Gasteiger charge is -2.07. The Bertz CT molecular complexity index is 595. The summed E-state index contributed by atoms with van der Waals surface area (Å²) in [6.07, 6.45) is 2.42. The van der Waals surface area contributed by atoms with Gasteiger partial charge in [-0.25, -0.2) is 0 Å². The van der Waals surface area contributed by atoms with Gasteiger partial charge in [-0.15, -0.1) is 5.73 Å². The topological polar surface area (TPSA) is 0 Å². The molecule has 0 radical (unpaired) electrons. The summed E-state index contributed by atoms with van der Waals surface area (Å²) in [5.41, 5.74) is 11.4. The van der Waals surface area contributed by atoms with Crippen molar-refractivity contribution in [3.05, 3.63) is 82.1 Å². The van der Waals surface area contributed by atoms with Gasteiger partial charge in [0.05, 0.1) is 0 Å². The standard InChI is InChI=1S/C19H18/c1-14-3-9-17(10-4-14)19(13-16-7-8-16)18-11-5-15(2)6-12-18/h3-6,9-12H,7-8H2,1-2H3. The predicted molar refractivity (Wildman–Crippen MR) is 81.1 cm³/mol. The van der Waals surface area contributed by atoms with Crippen molar-refractivity contribution < 1.29 is 0 Å². The van der Waals surface area contributed by atoms with Crippen molar-refractivity contribution in [3.8, 4) is 0 Å². The van der Waals surface area contributed by atoms with Crippen molar-refractivity contribution in [2.45, 2.75) is 26.7 Å². The maximum Gasteiger partial charge on any atom is 0.0309 e. The molecule has 2 aromatic rings. The summed E-state index contributed by atoms with van der Waals surface area (Å²) in [6.45, 7) is 4.25. The van der Waals surface area contributed by atoms with Crippen molar-refractivity contribution in [2.24, 2.45) is 0 Å². The largest absolute Gasteiger partial charge is 0.113 e. The van der Waals surface area contributed by atoms with E-state index in [1.54, 1.807) is 0 Å². The molecule has 0 amide bonds. The first-order chi connectivity index (χ1) is 9.22. The zero-order valence-corrected chi connectivity index (χ0v) is 11.5. The average Bonchev–Trinajstić information content (AvgIpc) is 3.22. The summed E-state index contributed by atoms with van der Waals surface area (Å²) < 4.78 is 0. The van der Waals surface area contributed by atoms with Crippen LogP contribution in [0.25, 0.3) is 5.57 Å². The Hall–Kier alpha value is -2.04. The molecule has 1 fully saturated rings. The van der Waals surface area contributed by atoms with Crippen LogP contribution in [0.15, 0.2) is 59.8 Å². The zero-order valence-electron chi connectivity index (χ0n) is 11.5. The molecule has 0 saturated heterocycles. The van der Waals surface area contributed by atoms with E-state index in [9.17, 15) is 0 Å². The molecule has 0 aliphatic heterocycles. The summed E-state index contributed by atoms with van der Waals surface area (Å²) >= 11 is 0. The molecule has 0 atom stereocenters. The van der Waals surface area contributed by atoms with Crippen LogP contribution in [0, 0.1) is 13.8 Å². The first-order valence-corrected chi connectivity index (χ1v) is 6.85. The fraction of sp³-hybridized carbons (Fsp3) is 0.211. The highest BCUT2D eigenvalue weighted by Crippen LogP contribution is 2.31. The van der Waals surface area contributed by atoms with Crippen LogP contribution in [-0.4, -0.2) is 0 Å². The van der Waals surface area contributed by atoms with Crippen molar-refractivity contribution in [1.29, 1.82) is 0 Å². The Kier molecular flexibility index (Phi) is 3.11. The maximum atomic E-state index is 3.60. The van der Waals surface area contributed by atoms with Crippen LogP contribution in [0.3, 0.4) is 0 Å². The molecule has 1 saturated carbocycles. The highest BCUT2D eigenvalue weighted by atomic mass is 14.2. The Morgan fingerprint density at radius 1 is 0.737 bits per heavy atom. The lowest BCUT2D eigenvalue weighted by atomic mass is 9.97. The smallest absolute Gasteiger partial charge is 0.0309 e. The first-order valence-electron chi connectivity index (χ1n) is 6.85. The van der Waals surface area contributed by atoms with E-state index in [0.29, 0.717) is 0 Å². The summed E-state index contributed by atoms with van der Waals surface area (Å²) in [4.78, 5) is 0. The van der Waals surface area contributed by atoms with Crippen LogP contribution in [-0.2, 0) is 0 Å². The maximum absolute atomic E-state index is 3.60. The van der Waals surface area contributed by atoms with Crippen molar-refractivity contribution in [1.82, 2.24) is 0 Å². The predicted octanol–water partition coefficient (Wildman–Crippen LogP) is 5.05. The van der Waals surface area contributed by atoms with Gasteiger partial charge in [-0.1, -0.05) is 59.7 Å². The summed E-state index contributed by atoms with van der Waals surface area (Å²) in [6, 6.07) is 17.5. The number of benzene rings is 2. The second-order valence-electron chi connectivity index (χ2n) is 5.34. The quantitative estimate of drug-likeness (QED) is 0.650. The zero-order chi connectivity index (χ0) is 13.2. The minimum atomic E-state index is 1.21. The monoisotopic (exact) mass is 246 g/mol. The molecule has 0 bridgehead atoms. The third-order valence-electron chi connectivity index (χ3n) is 3.48. The normalized spacial score (nSPS) is 13.1. The molecule has 0 aromatic heterocycles. The molecule has 1 aliphatic carbocycles. The molecule has 1 aliphatic rings. The third-order valence-corrected chi connectivity index (χ3v) is 3.48. The van der Waals surface area contributed by atoms with Gasteiger partial charge in [-0.05, 0) is 43.4 Å². The van der Waals surface area contributed by atoms with Gasteiger partial charge >= 0.3 is 0 Å². The van der Waals surface area contributed by atoms with E-state index < -0.39 is 0 Å². The highest BCUT2D eigenvalue weighted by molar-refractivity contribution is 5.80. The van der Waals surface area contributed by atoms with E-state index in [4.69, 9.17) is 0 Å². The summed E-state index contributed by atoms with van der Waals surface area (Å²) in [7, 11) is 0. The fourth-order valence-electron chi connectivity index (χ4n) is 2.12. The molecular formula is C19H18. The second kappa shape index (κ2) is 4.91. The van der Waals surface area contributed by atoms with Crippen LogP contribution < -0.4 is 0 Å². The van der Waals surface area contributed by atoms with E-state index >= 15 is 0 Å². The molecule has 0 unspecified atom stereocenters. The molecule has 3 rings (SSSR count). The fourth-order valence-corrected chi connectivity index (χ4v) is 2.12. The van der Waals surface area contributed by atoms with Gasteiger partial charge in [-0.2, -0.15) is 0 Å². The van der Waals surface area contributed by atoms with E-state index in [-0.39, 0.29) is 0 Å². The number of allylic oxidation sites excluding steroid dienone is 1.